The number of aromatic nitrogens is 4. The van der Waals surface area contributed by atoms with E-state index in [9.17, 15) is 0 Å². The molecule has 1 atom stereocenters. The van der Waals surface area contributed by atoms with E-state index in [1.165, 1.54) is 0 Å². The lowest BCUT2D eigenvalue weighted by Crippen LogP contribution is -2.40. The molecule has 0 bridgehead atoms. The number of nitrogens with zero attached hydrogens (tertiary/aromatic N) is 4. The topological polar surface area (TPSA) is 98.8 Å². The third-order valence-electron chi connectivity index (χ3n) is 5.31. The van der Waals surface area contributed by atoms with Crippen molar-refractivity contribution < 1.29 is 4.74 Å². The maximum Gasteiger partial charge on any atom is 0.218 e. The first kappa shape index (κ1) is 22.1. The fourth-order valence-electron chi connectivity index (χ4n) is 2.99. The summed E-state index contributed by atoms with van der Waals surface area (Å²) in [6, 6.07) is 9.67. The third kappa shape index (κ3) is 4.87. The Kier molecular flexibility index (Phi) is 6.08. The van der Waals surface area contributed by atoms with Gasteiger partial charge in [-0.2, -0.15) is 4.98 Å². The van der Waals surface area contributed by atoms with Crippen LogP contribution in [0.5, 0.6) is 5.88 Å². The average Bonchev–Trinajstić information content (AvgIpc) is 3.16. The lowest BCUT2D eigenvalue weighted by atomic mass is 9.88. The van der Waals surface area contributed by atoms with E-state index in [-0.39, 0.29) is 11.5 Å². The largest absolute Gasteiger partial charge is 0.476 e. The average molecular weight is 449 g/mol. The molecule has 3 N–H and O–H groups in total. The van der Waals surface area contributed by atoms with Crippen molar-refractivity contribution in [3.8, 4) is 16.6 Å². The van der Waals surface area contributed by atoms with Crippen LogP contribution >= 0.6 is 11.3 Å². The number of rotatable bonds is 6. The van der Waals surface area contributed by atoms with Gasteiger partial charge in [0.25, 0.3) is 0 Å². The second-order valence-corrected chi connectivity index (χ2v) is 9.98. The monoisotopic (exact) mass is 448 g/mol. The maximum absolute atomic E-state index is 6.23. The number of fused-ring (bicyclic) bond motifs is 1. The maximum atomic E-state index is 6.23. The zero-order valence-corrected chi connectivity index (χ0v) is 19.8. The Labute approximate surface area is 192 Å². The minimum absolute atomic E-state index is 0.0384. The van der Waals surface area contributed by atoms with Gasteiger partial charge in [0, 0.05) is 30.1 Å². The van der Waals surface area contributed by atoms with Gasteiger partial charge in [0.05, 0.1) is 10.2 Å². The molecule has 0 aliphatic carbocycles. The van der Waals surface area contributed by atoms with E-state index >= 15 is 0 Å². The molecule has 0 amide bonds. The molecule has 166 valence electrons. The fraction of sp³-hybridized carbons (Fsp3) is 0.333. The van der Waals surface area contributed by atoms with Gasteiger partial charge in [0.15, 0.2) is 0 Å². The lowest BCUT2D eigenvalue weighted by Gasteiger charge is -2.26. The first-order valence-electron chi connectivity index (χ1n) is 10.5. The number of pyridine rings is 3. The molecule has 4 rings (SSSR count). The number of hydrogen-bond acceptors (Lipinski definition) is 8. The molecule has 4 aromatic rings. The molecule has 0 aliphatic rings. The number of nitrogens with two attached hydrogens (primary N) is 1. The van der Waals surface area contributed by atoms with E-state index in [1.807, 2.05) is 50.4 Å². The molecular formula is C24H28N6OS. The molecule has 32 heavy (non-hydrogen) atoms. The van der Waals surface area contributed by atoms with Gasteiger partial charge in [0.1, 0.15) is 28.9 Å². The molecule has 0 fully saturated rings. The highest BCUT2D eigenvalue weighted by Gasteiger charge is 2.21. The van der Waals surface area contributed by atoms with E-state index in [2.05, 4.69) is 41.0 Å². The summed E-state index contributed by atoms with van der Waals surface area (Å²) >= 11 is 1.58. The lowest BCUT2D eigenvalue weighted by molar-refractivity contribution is 0.199. The molecule has 7 nitrogen and oxygen atoms in total. The molecule has 0 aliphatic heterocycles. The van der Waals surface area contributed by atoms with Crippen LogP contribution in [0.2, 0.25) is 0 Å². The molecule has 4 aromatic heterocycles. The molecule has 0 saturated heterocycles. The van der Waals surface area contributed by atoms with Crippen LogP contribution in [0, 0.1) is 19.3 Å². The smallest absolute Gasteiger partial charge is 0.218 e. The van der Waals surface area contributed by atoms with Crippen LogP contribution in [0.3, 0.4) is 0 Å². The van der Waals surface area contributed by atoms with Crippen molar-refractivity contribution in [3.63, 3.8) is 0 Å². The number of aryl methyl sites for hydroxylation is 2. The van der Waals surface area contributed by atoms with Crippen LogP contribution in [-0.4, -0.2) is 32.6 Å². The van der Waals surface area contributed by atoms with Crippen LogP contribution in [0.1, 0.15) is 31.9 Å². The Morgan fingerprint density at radius 2 is 1.88 bits per heavy atom. The van der Waals surface area contributed by atoms with Crippen LogP contribution < -0.4 is 15.8 Å². The zero-order valence-electron chi connectivity index (χ0n) is 19.0. The molecule has 8 heteroatoms. The first-order chi connectivity index (χ1) is 15.2. The summed E-state index contributed by atoms with van der Waals surface area (Å²) < 4.78 is 6.93. The van der Waals surface area contributed by atoms with E-state index in [4.69, 9.17) is 15.5 Å². The predicted molar refractivity (Wildman–Crippen MR) is 131 cm³/mol. The number of nitrogens with one attached hydrogen (secondary N) is 1. The van der Waals surface area contributed by atoms with Crippen LogP contribution in [0.15, 0.2) is 42.7 Å². The van der Waals surface area contributed by atoms with Crippen molar-refractivity contribution in [2.75, 3.05) is 11.9 Å². The van der Waals surface area contributed by atoms with Crippen molar-refractivity contribution >= 4 is 33.2 Å². The SMILES string of the molecule is Cc1ccc(Nc2cc3nc(-c4ncccc4C)sc3cn2)nc1OC[C@H](N)C(C)(C)C. The van der Waals surface area contributed by atoms with Crippen LogP contribution in [0.4, 0.5) is 11.6 Å². The van der Waals surface area contributed by atoms with Gasteiger partial charge in [-0.25, -0.2) is 9.97 Å². The Bertz CT molecular complexity index is 1250. The van der Waals surface area contributed by atoms with E-state index in [1.54, 1.807) is 17.5 Å². The Morgan fingerprint density at radius 3 is 2.62 bits per heavy atom. The number of anilines is 2. The summed E-state index contributed by atoms with van der Waals surface area (Å²) in [6.07, 6.45) is 3.61. The number of hydrogen-bond donors (Lipinski definition) is 2. The number of thiazole rings is 1. The standard InChI is InChI=1S/C24H28N6OS/c1-14-7-6-10-26-21(14)23-28-16-11-20(27-12-17(16)32-23)29-19-9-8-15(2)22(30-19)31-13-18(25)24(3,4)5/h6-12,18H,13,25H2,1-5H3,(H,27,29,30)/t18-/m0/s1. The Balaban J connectivity index is 1.54. The second-order valence-electron chi connectivity index (χ2n) is 8.95. The van der Waals surface area contributed by atoms with Gasteiger partial charge < -0.3 is 15.8 Å². The third-order valence-corrected chi connectivity index (χ3v) is 6.32. The van der Waals surface area contributed by atoms with Crippen molar-refractivity contribution in [1.29, 1.82) is 0 Å². The molecular weight excluding hydrogens is 420 g/mol. The van der Waals surface area contributed by atoms with Crippen LogP contribution in [-0.2, 0) is 0 Å². The predicted octanol–water partition coefficient (Wildman–Crippen LogP) is 5.26. The molecule has 0 spiro atoms. The minimum Gasteiger partial charge on any atom is -0.476 e. The summed E-state index contributed by atoms with van der Waals surface area (Å²) in [5, 5.41) is 4.14. The van der Waals surface area contributed by atoms with Gasteiger partial charge in [-0.05, 0) is 37.0 Å². The van der Waals surface area contributed by atoms with Gasteiger partial charge in [-0.1, -0.05) is 32.9 Å². The Morgan fingerprint density at radius 1 is 1.06 bits per heavy atom. The summed E-state index contributed by atoms with van der Waals surface area (Å²) in [7, 11) is 0. The fourth-order valence-corrected chi connectivity index (χ4v) is 3.97. The molecule has 4 heterocycles. The molecule has 0 radical (unpaired) electrons. The normalized spacial score (nSPS) is 12.7. The van der Waals surface area contributed by atoms with Crippen molar-refractivity contribution in [3.05, 3.63) is 53.9 Å². The second kappa shape index (κ2) is 8.80. The van der Waals surface area contributed by atoms with E-state index in [0.717, 1.165) is 32.0 Å². The number of ether oxygens (including phenoxy) is 1. The molecule has 0 aromatic carbocycles. The van der Waals surface area contributed by atoms with E-state index in [0.29, 0.717) is 24.1 Å². The van der Waals surface area contributed by atoms with E-state index < -0.39 is 0 Å². The van der Waals surface area contributed by atoms with Crippen LogP contribution in [0.25, 0.3) is 20.9 Å². The van der Waals surface area contributed by atoms with Crippen molar-refractivity contribution in [1.82, 2.24) is 19.9 Å². The zero-order chi connectivity index (χ0) is 22.9. The van der Waals surface area contributed by atoms with Crippen molar-refractivity contribution in [2.45, 2.75) is 40.7 Å². The first-order valence-corrected chi connectivity index (χ1v) is 11.3. The summed E-state index contributed by atoms with van der Waals surface area (Å²) in [6.45, 7) is 10.7. The quantitative estimate of drug-likeness (QED) is 0.415. The molecule has 0 saturated carbocycles. The van der Waals surface area contributed by atoms with Gasteiger partial charge in [-0.3, -0.25) is 4.98 Å². The Hall–Kier alpha value is -3.10. The summed E-state index contributed by atoms with van der Waals surface area (Å²) in [4.78, 5) is 18.4. The van der Waals surface area contributed by atoms with Gasteiger partial charge >= 0.3 is 0 Å². The van der Waals surface area contributed by atoms with Gasteiger partial charge in [-0.15, -0.1) is 11.3 Å². The summed E-state index contributed by atoms with van der Waals surface area (Å²) in [5.41, 5.74) is 10.0. The summed E-state index contributed by atoms with van der Waals surface area (Å²) in [5.74, 6) is 1.89. The molecule has 0 unspecified atom stereocenters. The highest BCUT2D eigenvalue weighted by molar-refractivity contribution is 7.21. The van der Waals surface area contributed by atoms with Crippen molar-refractivity contribution in [2.24, 2.45) is 11.1 Å². The minimum atomic E-state index is -0.0917. The highest BCUT2D eigenvalue weighted by atomic mass is 32.1. The van der Waals surface area contributed by atoms with Gasteiger partial charge in [0.2, 0.25) is 5.88 Å². The highest BCUT2D eigenvalue weighted by Crippen LogP contribution is 2.31.